The molecule has 4 aromatic carbocycles. The van der Waals surface area contributed by atoms with Gasteiger partial charge in [0, 0.05) is 57.2 Å². The topological polar surface area (TPSA) is 105 Å². The predicted octanol–water partition coefficient (Wildman–Crippen LogP) is 7.51. The molecule has 0 saturated heterocycles. The van der Waals surface area contributed by atoms with E-state index in [-0.39, 0.29) is 51.6 Å². The second kappa shape index (κ2) is 18.0. The summed E-state index contributed by atoms with van der Waals surface area (Å²) in [7, 11) is -1.08. The first-order chi connectivity index (χ1) is 16.2. The molecular formula is C28H38N3O3SY-. The molecule has 0 unspecified atom stereocenters. The van der Waals surface area contributed by atoms with Crippen molar-refractivity contribution >= 4 is 42.8 Å². The van der Waals surface area contributed by atoms with Crippen LogP contribution in [0.25, 0.3) is 21.5 Å². The number of azo groups is 1. The van der Waals surface area contributed by atoms with E-state index >= 15 is 0 Å². The zero-order chi connectivity index (χ0) is 25.7. The van der Waals surface area contributed by atoms with Gasteiger partial charge in [-0.3, -0.25) is 0 Å². The van der Waals surface area contributed by atoms with Crippen molar-refractivity contribution in [2.45, 2.75) is 27.7 Å². The smallest absolute Gasteiger partial charge is 0.147 e. The minimum atomic E-state index is -2.66. The fourth-order valence-corrected chi connectivity index (χ4v) is 2.93. The zero-order valence-electron chi connectivity index (χ0n) is 22.4. The third-order valence-electron chi connectivity index (χ3n) is 4.65. The summed E-state index contributed by atoms with van der Waals surface area (Å²) in [5.41, 5.74) is 7.97. The number of nitrogens with two attached hydrogens (primary N) is 1. The number of phenolic OH excluding ortho intramolecular Hbond substituents is 1. The van der Waals surface area contributed by atoms with Crippen LogP contribution in [0.4, 0.5) is 11.4 Å². The summed E-state index contributed by atoms with van der Waals surface area (Å²) in [5, 5.41) is 21.6. The molecule has 0 heterocycles. The van der Waals surface area contributed by atoms with Gasteiger partial charge in [-0.05, 0) is 40.8 Å². The first-order valence-corrected chi connectivity index (χ1v) is 13.2. The van der Waals surface area contributed by atoms with E-state index in [1.165, 1.54) is 17.0 Å². The molecule has 0 fully saturated rings. The third kappa shape index (κ3) is 11.6. The van der Waals surface area contributed by atoms with Crippen molar-refractivity contribution in [3.05, 3.63) is 85.8 Å². The van der Waals surface area contributed by atoms with E-state index in [0.717, 1.165) is 10.9 Å². The Balaban J connectivity index is 0. The number of anilines is 1. The summed E-state index contributed by atoms with van der Waals surface area (Å²) in [6, 6.07) is 24.0. The molecule has 1 radical (unpaired) electrons. The van der Waals surface area contributed by atoms with E-state index in [2.05, 4.69) is 58.8 Å². The van der Waals surface area contributed by atoms with E-state index < -0.39 is 9.84 Å². The van der Waals surface area contributed by atoms with Crippen molar-refractivity contribution in [2.24, 2.45) is 10.2 Å². The Kier molecular flexibility index (Phi) is 17.9. The molecule has 4 rings (SSSR count). The van der Waals surface area contributed by atoms with Crippen LogP contribution in [0.1, 0.15) is 26.3 Å². The van der Waals surface area contributed by atoms with Crippen molar-refractivity contribution in [1.82, 2.24) is 0 Å². The Hall–Kier alpha value is -2.35. The number of sulfone groups is 1. The molecule has 0 atom stereocenters. The van der Waals surface area contributed by atoms with Gasteiger partial charge in [0.05, 0.1) is 5.69 Å². The predicted molar refractivity (Wildman–Crippen MR) is 152 cm³/mol. The number of rotatable bonds is 2. The normalized spacial score (nSPS) is 9.94. The molecule has 0 aliphatic carbocycles. The Morgan fingerprint density at radius 2 is 1.33 bits per heavy atom. The number of nitrogens with zero attached hydrogens (tertiary/aromatic N) is 2. The summed E-state index contributed by atoms with van der Waals surface area (Å²) in [6.45, 7) is 7.55. The van der Waals surface area contributed by atoms with Gasteiger partial charge in [-0.15, -0.1) is 0 Å². The van der Waals surface area contributed by atoms with Crippen molar-refractivity contribution in [2.75, 3.05) is 24.8 Å². The second-order valence-electron chi connectivity index (χ2n) is 7.24. The molecule has 0 aliphatic heterocycles. The molecule has 36 heavy (non-hydrogen) atoms. The fourth-order valence-electron chi connectivity index (χ4n) is 2.93. The quantitative estimate of drug-likeness (QED) is 0.144. The Morgan fingerprint density at radius 3 is 1.72 bits per heavy atom. The minimum Gasteiger partial charge on any atom is -0.507 e. The fraction of sp³-hybridized carbons (Fsp3) is 0.250. The number of aromatic hydroxyl groups is 1. The average molecular weight is 586 g/mol. The molecule has 4 aromatic rings. The average Bonchev–Trinajstić information content (AvgIpc) is 2.82. The number of fused-ring (bicyclic) bond motifs is 2. The molecule has 0 amide bonds. The maximum absolute atomic E-state index is 10.0. The number of hydrogen-bond acceptors (Lipinski definition) is 6. The van der Waals surface area contributed by atoms with E-state index in [1.807, 2.05) is 32.9 Å². The van der Waals surface area contributed by atoms with E-state index in [4.69, 9.17) is 5.73 Å². The zero-order valence-corrected chi connectivity index (χ0v) is 26.0. The van der Waals surface area contributed by atoms with Crippen molar-refractivity contribution in [1.29, 1.82) is 0 Å². The summed E-state index contributed by atoms with van der Waals surface area (Å²) >= 11 is 0. The van der Waals surface area contributed by atoms with Crippen molar-refractivity contribution in [3.8, 4) is 5.75 Å². The maximum Gasteiger partial charge on any atom is 0.147 e. The summed E-state index contributed by atoms with van der Waals surface area (Å²) in [6.07, 6.45) is 1.22. The Morgan fingerprint density at radius 1 is 0.889 bits per heavy atom. The number of nitrogen functional groups attached to an aromatic ring is 1. The first kappa shape index (κ1) is 35.8. The number of phenols is 1. The summed E-state index contributed by atoms with van der Waals surface area (Å²) in [4.78, 5) is 0. The molecule has 0 spiro atoms. The van der Waals surface area contributed by atoms with Crippen LogP contribution in [0.5, 0.6) is 5.75 Å². The van der Waals surface area contributed by atoms with Crippen LogP contribution >= 0.6 is 0 Å². The molecule has 0 bridgehead atoms. The number of aryl methyl sites for hydroxylation is 1. The van der Waals surface area contributed by atoms with Crippen LogP contribution < -0.4 is 5.73 Å². The van der Waals surface area contributed by atoms with Gasteiger partial charge < -0.3 is 18.3 Å². The number of hydrogen-bond donors (Lipinski definition) is 2. The van der Waals surface area contributed by atoms with Gasteiger partial charge in [0.15, 0.2) is 0 Å². The van der Waals surface area contributed by atoms with Crippen LogP contribution in [-0.4, -0.2) is 32.6 Å². The molecule has 0 saturated carbocycles. The van der Waals surface area contributed by atoms with E-state index in [0.29, 0.717) is 16.8 Å². The van der Waals surface area contributed by atoms with Gasteiger partial charge in [-0.1, -0.05) is 81.4 Å². The van der Waals surface area contributed by atoms with E-state index in [9.17, 15) is 13.5 Å². The SMILES string of the molecule is CC.CCS(C)(=O)=O.CN=Nc1ccc2cc(C)cc(O)c2c1N.[CH3-].[Y].c1ccc2ccccc2c1. The molecule has 6 nitrogen and oxygen atoms in total. The van der Waals surface area contributed by atoms with E-state index in [1.54, 1.807) is 26.1 Å². The van der Waals surface area contributed by atoms with Gasteiger partial charge in [-0.25, -0.2) is 8.42 Å². The van der Waals surface area contributed by atoms with Gasteiger partial charge in [0.1, 0.15) is 21.3 Å². The van der Waals surface area contributed by atoms with Crippen LogP contribution in [-0.2, 0) is 42.5 Å². The van der Waals surface area contributed by atoms with Gasteiger partial charge >= 0.3 is 0 Å². The summed E-state index contributed by atoms with van der Waals surface area (Å²) in [5.74, 6) is 0.424. The maximum atomic E-state index is 10.0. The second-order valence-corrected chi connectivity index (χ2v) is 9.67. The van der Waals surface area contributed by atoms with Gasteiger partial charge in [0.25, 0.3) is 0 Å². The first-order valence-electron chi connectivity index (χ1n) is 11.1. The molecular weight excluding hydrogens is 547 g/mol. The van der Waals surface area contributed by atoms with Crippen molar-refractivity contribution < 1.29 is 46.2 Å². The van der Waals surface area contributed by atoms with Crippen LogP contribution in [0.3, 0.4) is 0 Å². The van der Waals surface area contributed by atoms with Gasteiger partial charge in [0.2, 0.25) is 0 Å². The minimum absolute atomic E-state index is 0. The van der Waals surface area contributed by atoms with Crippen LogP contribution in [0, 0.1) is 14.4 Å². The van der Waals surface area contributed by atoms with Crippen LogP contribution in [0.15, 0.2) is 83.0 Å². The summed E-state index contributed by atoms with van der Waals surface area (Å²) < 4.78 is 20.0. The largest absolute Gasteiger partial charge is 0.507 e. The molecule has 0 aromatic heterocycles. The Bertz CT molecular complexity index is 1280. The Labute approximate surface area is 241 Å². The van der Waals surface area contributed by atoms with Crippen molar-refractivity contribution in [3.63, 3.8) is 0 Å². The van der Waals surface area contributed by atoms with Crippen LogP contribution in [0.2, 0.25) is 0 Å². The van der Waals surface area contributed by atoms with Gasteiger partial charge in [-0.2, -0.15) is 10.2 Å². The molecule has 8 heteroatoms. The molecule has 193 valence electrons. The molecule has 0 aliphatic rings. The third-order valence-corrected chi connectivity index (χ3v) is 5.70. The molecule has 3 N–H and O–H groups in total. The monoisotopic (exact) mass is 585 g/mol. The standard InChI is InChI=1S/C12H13N3O.C10H8.C3H8O2S.C2H6.CH3.Y/c1-7-5-8-3-4-9(15-14-2)12(13)11(8)10(16)6-7;1-2-6-10-8-4-3-7-9(10)5-1;1-3-6(2,4)5;1-2;;/h3-6,16H,13H2,1-2H3;1-8H;3H2,1-2H3;1-2H3;1H3;/q;;;;-1;. The number of benzene rings is 4.